The first-order valence-electron chi connectivity index (χ1n) is 9.82. The number of carbonyl (C=O) groups excluding carboxylic acids is 1. The fraction of sp³-hybridized carbons (Fsp3) is 0.500. The smallest absolute Gasteiger partial charge is 0.220 e. The largest absolute Gasteiger partial charge is 0.367 e. The molecule has 1 aliphatic carbocycles. The van der Waals surface area contributed by atoms with Gasteiger partial charge in [-0.3, -0.25) is 4.79 Å². The minimum Gasteiger partial charge on any atom is -0.367 e. The van der Waals surface area contributed by atoms with Crippen LogP contribution in [0, 0.1) is 5.92 Å². The van der Waals surface area contributed by atoms with Crippen molar-refractivity contribution in [1.82, 2.24) is 20.5 Å². The molecule has 1 aliphatic rings. The van der Waals surface area contributed by atoms with Crippen LogP contribution in [0.25, 0.3) is 0 Å². The Labute approximate surface area is 160 Å². The summed E-state index contributed by atoms with van der Waals surface area (Å²) in [7, 11) is 0. The van der Waals surface area contributed by atoms with E-state index in [1.165, 1.54) is 32.1 Å². The molecule has 0 saturated heterocycles. The van der Waals surface area contributed by atoms with Crippen LogP contribution in [0.3, 0.4) is 0 Å². The van der Waals surface area contributed by atoms with Crippen molar-refractivity contribution in [2.75, 3.05) is 23.7 Å². The van der Waals surface area contributed by atoms with E-state index in [0.717, 1.165) is 18.2 Å². The fourth-order valence-corrected chi connectivity index (χ4v) is 3.35. The van der Waals surface area contributed by atoms with Crippen LogP contribution in [0.1, 0.15) is 44.9 Å². The van der Waals surface area contributed by atoms with Gasteiger partial charge < -0.3 is 16.0 Å². The lowest BCUT2D eigenvalue weighted by atomic mass is 9.86. The highest BCUT2D eigenvalue weighted by Crippen LogP contribution is 2.27. The Morgan fingerprint density at radius 1 is 0.963 bits per heavy atom. The van der Waals surface area contributed by atoms with E-state index < -0.39 is 0 Å². The molecule has 1 amide bonds. The molecule has 3 N–H and O–H groups in total. The Kier molecular flexibility index (Phi) is 7.38. The predicted molar refractivity (Wildman–Crippen MR) is 107 cm³/mol. The maximum atomic E-state index is 11.9. The number of hydrogen-bond acceptors (Lipinski definition) is 6. The summed E-state index contributed by atoms with van der Waals surface area (Å²) >= 11 is 0. The van der Waals surface area contributed by atoms with E-state index in [9.17, 15) is 4.79 Å². The molecule has 0 aromatic carbocycles. The standard InChI is InChI=1S/C20H28N6O/c27-20(12-9-16-6-2-1-3-7-16)23-15-14-22-18-10-11-19(26-25-18)24-17-8-4-5-13-21-17/h4-5,8,10-11,13,16H,1-3,6-7,9,12,14-15H2,(H,22,25)(H,23,27)(H,21,24,26). The minimum absolute atomic E-state index is 0.142. The van der Waals surface area contributed by atoms with Crippen LogP contribution in [0.5, 0.6) is 0 Å². The van der Waals surface area contributed by atoms with Gasteiger partial charge in [-0.25, -0.2) is 4.98 Å². The third-order valence-corrected chi connectivity index (χ3v) is 4.84. The molecular weight excluding hydrogens is 340 g/mol. The van der Waals surface area contributed by atoms with Crippen LogP contribution in [-0.2, 0) is 4.79 Å². The van der Waals surface area contributed by atoms with Crippen molar-refractivity contribution < 1.29 is 4.79 Å². The molecule has 27 heavy (non-hydrogen) atoms. The van der Waals surface area contributed by atoms with E-state index in [0.29, 0.717) is 31.1 Å². The lowest BCUT2D eigenvalue weighted by Crippen LogP contribution is -2.29. The zero-order valence-electron chi connectivity index (χ0n) is 15.7. The lowest BCUT2D eigenvalue weighted by Gasteiger charge is -2.20. The molecule has 7 heteroatoms. The number of amides is 1. The summed E-state index contributed by atoms with van der Waals surface area (Å²) in [5, 5.41) is 17.5. The maximum Gasteiger partial charge on any atom is 0.220 e. The Hall–Kier alpha value is -2.70. The van der Waals surface area contributed by atoms with Crippen molar-refractivity contribution in [3.63, 3.8) is 0 Å². The van der Waals surface area contributed by atoms with Crippen molar-refractivity contribution in [3.8, 4) is 0 Å². The van der Waals surface area contributed by atoms with Crippen molar-refractivity contribution in [1.29, 1.82) is 0 Å². The van der Waals surface area contributed by atoms with E-state index in [1.807, 2.05) is 30.3 Å². The van der Waals surface area contributed by atoms with Gasteiger partial charge in [-0.05, 0) is 36.6 Å². The molecule has 0 spiro atoms. The number of rotatable bonds is 9. The summed E-state index contributed by atoms with van der Waals surface area (Å²) in [5.41, 5.74) is 0. The van der Waals surface area contributed by atoms with Gasteiger partial charge in [-0.15, -0.1) is 10.2 Å². The van der Waals surface area contributed by atoms with Crippen LogP contribution in [-0.4, -0.2) is 34.2 Å². The normalized spacial score (nSPS) is 14.5. The molecule has 0 aliphatic heterocycles. The number of carbonyl (C=O) groups is 1. The Balaban J connectivity index is 1.30. The Morgan fingerprint density at radius 3 is 2.52 bits per heavy atom. The van der Waals surface area contributed by atoms with Crippen LogP contribution in [0.4, 0.5) is 17.5 Å². The summed E-state index contributed by atoms with van der Waals surface area (Å²) < 4.78 is 0. The van der Waals surface area contributed by atoms with Crippen LogP contribution in [0.2, 0.25) is 0 Å². The van der Waals surface area contributed by atoms with Gasteiger partial charge in [0.1, 0.15) is 11.6 Å². The predicted octanol–water partition coefficient (Wildman–Crippen LogP) is 3.50. The van der Waals surface area contributed by atoms with Crippen LogP contribution in [0.15, 0.2) is 36.5 Å². The van der Waals surface area contributed by atoms with E-state index in [-0.39, 0.29) is 5.91 Å². The van der Waals surface area contributed by atoms with Gasteiger partial charge in [-0.2, -0.15) is 0 Å². The van der Waals surface area contributed by atoms with E-state index in [2.05, 4.69) is 31.1 Å². The zero-order valence-corrected chi connectivity index (χ0v) is 15.7. The molecule has 0 atom stereocenters. The summed E-state index contributed by atoms with van der Waals surface area (Å²) in [5.74, 6) is 2.93. The number of nitrogens with one attached hydrogen (secondary N) is 3. The molecule has 7 nitrogen and oxygen atoms in total. The Morgan fingerprint density at radius 2 is 1.78 bits per heavy atom. The summed E-state index contributed by atoms with van der Waals surface area (Å²) in [6.45, 7) is 1.20. The first-order chi connectivity index (χ1) is 13.3. The summed E-state index contributed by atoms with van der Waals surface area (Å²) in [6.07, 6.45) is 9.97. The number of hydrogen-bond donors (Lipinski definition) is 3. The Bertz CT molecular complexity index is 685. The second-order valence-corrected chi connectivity index (χ2v) is 6.96. The molecule has 3 rings (SSSR count). The SMILES string of the molecule is O=C(CCC1CCCCC1)NCCNc1ccc(Nc2ccccn2)nn1. The van der Waals surface area contributed by atoms with Gasteiger partial charge in [-0.1, -0.05) is 38.2 Å². The molecule has 2 aromatic heterocycles. The van der Waals surface area contributed by atoms with Crippen LogP contribution >= 0.6 is 0 Å². The van der Waals surface area contributed by atoms with E-state index in [4.69, 9.17) is 0 Å². The first-order valence-corrected chi connectivity index (χ1v) is 9.82. The highest BCUT2D eigenvalue weighted by molar-refractivity contribution is 5.75. The van der Waals surface area contributed by atoms with E-state index >= 15 is 0 Å². The average molecular weight is 368 g/mol. The van der Waals surface area contributed by atoms with Crippen molar-refractivity contribution in [3.05, 3.63) is 36.5 Å². The average Bonchev–Trinajstić information content (AvgIpc) is 2.72. The molecule has 0 bridgehead atoms. The van der Waals surface area contributed by atoms with Crippen LogP contribution < -0.4 is 16.0 Å². The number of aromatic nitrogens is 3. The second-order valence-electron chi connectivity index (χ2n) is 6.96. The highest BCUT2D eigenvalue weighted by atomic mass is 16.1. The number of pyridine rings is 1. The van der Waals surface area contributed by atoms with Gasteiger partial charge in [0.15, 0.2) is 5.82 Å². The first kappa shape index (κ1) is 19.1. The molecule has 144 valence electrons. The van der Waals surface area contributed by atoms with Crippen molar-refractivity contribution >= 4 is 23.4 Å². The highest BCUT2D eigenvalue weighted by Gasteiger charge is 2.14. The molecule has 2 heterocycles. The second kappa shape index (κ2) is 10.4. The molecule has 2 aromatic rings. The zero-order chi connectivity index (χ0) is 18.7. The van der Waals surface area contributed by atoms with Gasteiger partial charge >= 0.3 is 0 Å². The van der Waals surface area contributed by atoms with Crippen molar-refractivity contribution in [2.24, 2.45) is 5.92 Å². The quantitative estimate of drug-likeness (QED) is 0.587. The lowest BCUT2D eigenvalue weighted by molar-refractivity contribution is -0.121. The fourth-order valence-electron chi connectivity index (χ4n) is 3.35. The third kappa shape index (κ3) is 6.84. The molecule has 0 unspecified atom stereocenters. The molecular formula is C20H28N6O. The van der Waals surface area contributed by atoms with Gasteiger partial charge in [0.05, 0.1) is 0 Å². The third-order valence-electron chi connectivity index (χ3n) is 4.84. The number of nitrogens with zero attached hydrogens (tertiary/aromatic N) is 3. The van der Waals surface area contributed by atoms with Crippen molar-refractivity contribution in [2.45, 2.75) is 44.9 Å². The number of anilines is 3. The van der Waals surface area contributed by atoms with Gasteiger partial charge in [0.25, 0.3) is 0 Å². The monoisotopic (exact) mass is 368 g/mol. The minimum atomic E-state index is 0.142. The molecule has 1 saturated carbocycles. The van der Waals surface area contributed by atoms with E-state index in [1.54, 1.807) is 6.20 Å². The summed E-state index contributed by atoms with van der Waals surface area (Å²) in [4.78, 5) is 16.1. The van der Waals surface area contributed by atoms with Gasteiger partial charge in [0.2, 0.25) is 5.91 Å². The van der Waals surface area contributed by atoms with Gasteiger partial charge in [0, 0.05) is 25.7 Å². The molecule has 0 radical (unpaired) electrons. The molecule has 1 fully saturated rings. The summed E-state index contributed by atoms with van der Waals surface area (Å²) in [6, 6.07) is 9.32. The topological polar surface area (TPSA) is 91.8 Å². The maximum absolute atomic E-state index is 11.9.